The number of esters is 4. The predicted molar refractivity (Wildman–Crippen MR) is 285 cm³/mol. The Kier molecular flexibility index (Phi) is 26.8. The van der Waals surface area contributed by atoms with Gasteiger partial charge in [0.25, 0.3) is 0 Å². The van der Waals surface area contributed by atoms with Crippen LogP contribution in [0.2, 0.25) is 0 Å². The molecule has 392 valence electrons. The summed E-state index contributed by atoms with van der Waals surface area (Å²) in [4.78, 5) is 51.8. The van der Waals surface area contributed by atoms with Crippen molar-refractivity contribution in [2.45, 2.75) is 168 Å². The summed E-state index contributed by atoms with van der Waals surface area (Å²) in [7, 11) is 0. The van der Waals surface area contributed by atoms with E-state index in [1.54, 1.807) is 48.5 Å². The molecule has 73 heavy (non-hydrogen) atoms. The fourth-order valence-electron chi connectivity index (χ4n) is 8.24. The van der Waals surface area contributed by atoms with Crippen LogP contribution >= 0.6 is 0 Å². The first-order valence-electron chi connectivity index (χ1n) is 27.1. The third-order valence-electron chi connectivity index (χ3n) is 12.6. The van der Waals surface area contributed by atoms with Crippen LogP contribution in [-0.2, 0) is 0 Å². The molecule has 0 aromatic heterocycles. The lowest BCUT2D eigenvalue weighted by Gasteiger charge is -2.10. The molecule has 11 heteroatoms. The number of unbranched alkanes of at least 4 members (excludes halogenated alkanes) is 22. The van der Waals surface area contributed by atoms with Gasteiger partial charge in [-0.1, -0.05) is 155 Å². The zero-order chi connectivity index (χ0) is 51.7. The Bertz CT molecular complexity index is 2360. The van der Waals surface area contributed by atoms with Gasteiger partial charge in [0.1, 0.15) is 28.7 Å². The molecule has 0 N–H and O–H groups in total. The first-order valence-corrected chi connectivity index (χ1v) is 27.1. The summed E-state index contributed by atoms with van der Waals surface area (Å²) in [6.07, 6.45) is 30.7. The molecule has 0 bridgehead atoms. The molecular formula is C62H77FO10. The molecule has 0 spiro atoms. The van der Waals surface area contributed by atoms with Crippen LogP contribution in [0.4, 0.5) is 4.39 Å². The minimum absolute atomic E-state index is 0.0479. The Morgan fingerprint density at radius 2 is 0.575 bits per heavy atom. The number of hydrogen-bond donors (Lipinski definition) is 0. The molecule has 0 aliphatic carbocycles. The van der Waals surface area contributed by atoms with E-state index in [0.29, 0.717) is 36.0 Å². The molecule has 0 heterocycles. The second-order valence-electron chi connectivity index (χ2n) is 18.7. The van der Waals surface area contributed by atoms with Gasteiger partial charge in [-0.3, -0.25) is 0 Å². The van der Waals surface area contributed by atoms with Crippen LogP contribution in [0.1, 0.15) is 209 Å². The van der Waals surface area contributed by atoms with Crippen LogP contribution in [0.15, 0.2) is 115 Å². The summed E-state index contributed by atoms with van der Waals surface area (Å²) < 4.78 is 48.3. The minimum atomic E-state index is -0.904. The zero-order valence-corrected chi connectivity index (χ0v) is 43.3. The Morgan fingerprint density at radius 3 is 0.932 bits per heavy atom. The Hall–Kier alpha value is -6.49. The van der Waals surface area contributed by atoms with Gasteiger partial charge < -0.3 is 28.4 Å². The van der Waals surface area contributed by atoms with Crippen molar-refractivity contribution >= 4 is 23.9 Å². The van der Waals surface area contributed by atoms with Crippen molar-refractivity contribution in [2.75, 3.05) is 13.2 Å². The van der Waals surface area contributed by atoms with E-state index in [-0.39, 0.29) is 28.2 Å². The predicted octanol–water partition coefficient (Wildman–Crippen LogP) is 16.9. The van der Waals surface area contributed by atoms with E-state index in [0.717, 1.165) is 37.8 Å². The molecule has 5 rings (SSSR count). The largest absolute Gasteiger partial charge is 0.494 e. The molecule has 0 atom stereocenters. The van der Waals surface area contributed by atoms with Gasteiger partial charge in [0.05, 0.1) is 35.5 Å². The van der Waals surface area contributed by atoms with Crippen molar-refractivity contribution in [3.05, 3.63) is 143 Å². The van der Waals surface area contributed by atoms with E-state index < -0.39 is 35.4 Å². The standard InChI is InChI=1S/C62H77FO10/c1-3-5-7-9-11-13-15-17-19-21-23-25-45-68-52-34-27-48(28-35-52)59(64)70-54-38-31-50(32-39-54)61(66)73-58-47-51(33-44-57(58)63)62(67)72-55-36-29-49(30-37-55)60(65)71-56-42-40-53(41-43-56)69-46-26-24-22-20-18-16-14-12-10-8-6-4-2/h27-44,47H,3-26,45-46H2,1-2H3. The van der Waals surface area contributed by atoms with Crippen molar-refractivity contribution in [1.29, 1.82) is 0 Å². The number of halogens is 1. The van der Waals surface area contributed by atoms with Crippen LogP contribution < -0.4 is 28.4 Å². The third-order valence-corrected chi connectivity index (χ3v) is 12.6. The van der Waals surface area contributed by atoms with Crippen LogP contribution in [0, 0.1) is 5.82 Å². The van der Waals surface area contributed by atoms with Gasteiger partial charge in [-0.2, -0.15) is 0 Å². The third kappa shape index (κ3) is 22.4. The summed E-state index contributed by atoms with van der Waals surface area (Å²) in [5.41, 5.74) is 0.516. The Morgan fingerprint density at radius 1 is 0.315 bits per heavy atom. The Labute approximate surface area is 433 Å². The number of ether oxygens (including phenoxy) is 6. The lowest BCUT2D eigenvalue weighted by molar-refractivity contribution is 0.0708. The highest BCUT2D eigenvalue weighted by atomic mass is 19.1. The maximum absolute atomic E-state index is 14.8. The molecule has 10 nitrogen and oxygen atoms in total. The minimum Gasteiger partial charge on any atom is -0.494 e. The first-order chi connectivity index (χ1) is 35.7. The van der Waals surface area contributed by atoms with Crippen LogP contribution in [0.25, 0.3) is 0 Å². The summed E-state index contributed by atoms with van der Waals surface area (Å²) >= 11 is 0. The monoisotopic (exact) mass is 1000 g/mol. The molecule has 5 aromatic carbocycles. The lowest BCUT2D eigenvalue weighted by Crippen LogP contribution is -2.13. The average Bonchev–Trinajstić information content (AvgIpc) is 3.40. The lowest BCUT2D eigenvalue weighted by atomic mass is 10.1. The van der Waals surface area contributed by atoms with Crippen LogP contribution in [-0.4, -0.2) is 37.1 Å². The second kappa shape index (κ2) is 34.0. The molecule has 0 radical (unpaired) electrons. The molecule has 0 amide bonds. The van der Waals surface area contributed by atoms with E-state index in [1.807, 2.05) is 0 Å². The normalized spacial score (nSPS) is 10.9. The fraction of sp³-hybridized carbons (Fsp3) is 0.452. The highest BCUT2D eigenvalue weighted by Gasteiger charge is 2.18. The van der Waals surface area contributed by atoms with Gasteiger partial charge in [0.2, 0.25) is 0 Å². The zero-order valence-electron chi connectivity index (χ0n) is 43.3. The number of carbonyl (C=O) groups is 4. The number of carbonyl (C=O) groups excluding carboxylic acids is 4. The summed E-state index contributed by atoms with van der Waals surface area (Å²) in [5.74, 6) is -2.28. The smallest absolute Gasteiger partial charge is 0.343 e. The van der Waals surface area contributed by atoms with Gasteiger partial charge >= 0.3 is 23.9 Å². The highest BCUT2D eigenvalue weighted by molar-refractivity contribution is 5.95. The van der Waals surface area contributed by atoms with Gasteiger partial charge in [-0.05, 0) is 128 Å². The summed E-state index contributed by atoms with van der Waals surface area (Å²) in [5, 5.41) is 0. The fourth-order valence-corrected chi connectivity index (χ4v) is 8.24. The van der Waals surface area contributed by atoms with E-state index in [1.165, 1.54) is 183 Å². The maximum Gasteiger partial charge on any atom is 0.343 e. The molecule has 0 unspecified atom stereocenters. The van der Waals surface area contributed by atoms with Crippen molar-refractivity contribution in [3.63, 3.8) is 0 Å². The second-order valence-corrected chi connectivity index (χ2v) is 18.7. The summed E-state index contributed by atoms with van der Waals surface area (Å²) in [6.45, 7) is 5.75. The molecule has 5 aromatic rings. The topological polar surface area (TPSA) is 124 Å². The van der Waals surface area contributed by atoms with Crippen molar-refractivity contribution in [2.24, 2.45) is 0 Å². The molecule has 0 aliphatic rings. The van der Waals surface area contributed by atoms with E-state index in [4.69, 9.17) is 28.4 Å². The van der Waals surface area contributed by atoms with Crippen LogP contribution in [0.3, 0.4) is 0 Å². The quantitative estimate of drug-likeness (QED) is 0.0218. The first kappa shape index (κ1) is 57.4. The maximum atomic E-state index is 14.8. The van der Waals surface area contributed by atoms with Gasteiger partial charge in [0.15, 0.2) is 11.6 Å². The van der Waals surface area contributed by atoms with Crippen molar-refractivity contribution in [1.82, 2.24) is 0 Å². The van der Waals surface area contributed by atoms with Gasteiger partial charge in [0, 0.05) is 0 Å². The van der Waals surface area contributed by atoms with E-state index in [2.05, 4.69) is 13.8 Å². The molecule has 0 aliphatic heterocycles. The molecule has 0 saturated heterocycles. The van der Waals surface area contributed by atoms with E-state index >= 15 is 0 Å². The van der Waals surface area contributed by atoms with Crippen LogP contribution in [0.5, 0.6) is 34.5 Å². The SMILES string of the molecule is CCCCCCCCCCCCCCOc1ccc(OC(=O)c2ccc(OC(=O)c3ccc(F)c(OC(=O)c4ccc(OC(=O)c5ccc(OCCCCCCCCCCCCCC)cc5)cc4)c3)cc2)cc1. The number of benzene rings is 5. The summed E-state index contributed by atoms with van der Waals surface area (Å²) in [6, 6.07) is 28.2. The van der Waals surface area contributed by atoms with E-state index in [9.17, 15) is 23.6 Å². The highest BCUT2D eigenvalue weighted by Crippen LogP contribution is 2.25. The molecular weight excluding hydrogens is 924 g/mol. The van der Waals surface area contributed by atoms with Crippen molar-refractivity contribution in [3.8, 4) is 34.5 Å². The molecule has 0 saturated carbocycles. The van der Waals surface area contributed by atoms with Crippen molar-refractivity contribution < 1.29 is 52.0 Å². The number of rotatable bonds is 36. The Balaban J connectivity index is 0.966. The van der Waals surface area contributed by atoms with Gasteiger partial charge in [-0.15, -0.1) is 0 Å². The average molecular weight is 1000 g/mol. The van der Waals surface area contributed by atoms with Gasteiger partial charge in [-0.25, -0.2) is 23.6 Å². The number of hydrogen-bond acceptors (Lipinski definition) is 10. The molecule has 0 fully saturated rings.